The number of nitrogens with zero attached hydrogens (tertiary/aromatic N) is 4. The molecular weight excluding hydrogens is 537 g/mol. The molecule has 0 saturated carbocycles. The van der Waals surface area contributed by atoms with Crippen LogP contribution >= 0.6 is 23.2 Å². The van der Waals surface area contributed by atoms with E-state index in [4.69, 9.17) is 38.4 Å². The first-order valence-electron chi connectivity index (χ1n) is 11.5. The summed E-state index contributed by atoms with van der Waals surface area (Å²) in [5, 5.41) is 5.51. The maximum Gasteiger partial charge on any atom is 0.211 e. The monoisotopic (exact) mass is 561 g/mol. The van der Waals surface area contributed by atoms with Crippen LogP contribution in [0.15, 0.2) is 48.8 Å². The lowest BCUT2D eigenvalue weighted by molar-refractivity contribution is 0.317. The van der Waals surface area contributed by atoms with Crippen molar-refractivity contribution in [3.8, 4) is 28.4 Å². The second kappa shape index (κ2) is 10.0. The summed E-state index contributed by atoms with van der Waals surface area (Å²) >= 11 is 13.1. The van der Waals surface area contributed by atoms with Crippen molar-refractivity contribution in [2.45, 2.75) is 18.8 Å². The lowest BCUT2D eigenvalue weighted by Gasteiger charge is -2.30. The first-order chi connectivity index (χ1) is 17.7. The molecule has 0 atom stereocenters. The summed E-state index contributed by atoms with van der Waals surface area (Å²) in [7, 11) is -1.69. The van der Waals surface area contributed by atoms with Crippen LogP contribution in [0.5, 0.6) is 17.2 Å². The van der Waals surface area contributed by atoms with E-state index in [-0.39, 0.29) is 11.7 Å². The Labute approximate surface area is 224 Å². The molecule has 5 rings (SSSR count). The van der Waals surface area contributed by atoms with Crippen molar-refractivity contribution in [2.75, 3.05) is 32.2 Å². The average molecular weight is 562 g/mol. The van der Waals surface area contributed by atoms with Gasteiger partial charge in [0.2, 0.25) is 10.0 Å². The van der Waals surface area contributed by atoms with E-state index in [9.17, 15) is 8.42 Å². The van der Waals surface area contributed by atoms with E-state index < -0.39 is 10.0 Å². The van der Waals surface area contributed by atoms with Gasteiger partial charge in [-0.2, -0.15) is 5.10 Å². The van der Waals surface area contributed by atoms with Gasteiger partial charge in [0.25, 0.3) is 0 Å². The van der Waals surface area contributed by atoms with E-state index in [0.29, 0.717) is 64.3 Å². The number of nitrogen functional groups attached to an aromatic ring is 1. The highest BCUT2D eigenvalue weighted by Crippen LogP contribution is 2.46. The van der Waals surface area contributed by atoms with Gasteiger partial charge in [0.05, 0.1) is 24.1 Å². The summed E-state index contributed by atoms with van der Waals surface area (Å²) in [4.78, 5) is 4.19. The van der Waals surface area contributed by atoms with E-state index in [1.807, 2.05) is 12.1 Å². The van der Waals surface area contributed by atoms with E-state index in [2.05, 4.69) is 10.1 Å². The van der Waals surface area contributed by atoms with Gasteiger partial charge >= 0.3 is 0 Å². The maximum absolute atomic E-state index is 12.0. The molecule has 1 saturated heterocycles. The molecule has 2 aromatic carbocycles. The predicted octanol–water partition coefficient (Wildman–Crippen LogP) is 5.23. The van der Waals surface area contributed by atoms with Gasteiger partial charge in [-0.1, -0.05) is 35.3 Å². The molecule has 1 aliphatic heterocycles. The number of halogens is 2. The van der Waals surface area contributed by atoms with Crippen molar-refractivity contribution < 1.29 is 17.9 Å². The van der Waals surface area contributed by atoms with Gasteiger partial charge in [-0.25, -0.2) is 22.2 Å². The van der Waals surface area contributed by atoms with Gasteiger partial charge in [-0.05, 0) is 48.7 Å². The highest BCUT2D eigenvalue weighted by atomic mass is 35.5. The third-order valence-electron chi connectivity index (χ3n) is 6.51. The molecule has 0 aliphatic carbocycles. The van der Waals surface area contributed by atoms with Crippen molar-refractivity contribution in [1.82, 2.24) is 18.9 Å². The molecule has 2 N–H and O–H groups in total. The summed E-state index contributed by atoms with van der Waals surface area (Å²) < 4.78 is 38.8. The van der Waals surface area contributed by atoms with Crippen LogP contribution in [0.4, 0.5) is 5.82 Å². The zero-order valence-corrected chi connectivity index (χ0v) is 22.5. The molecule has 4 aromatic rings. The summed E-state index contributed by atoms with van der Waals surface area (Å²) in [5.74, 6) is 1.85. The highest BCUT2D eigenvalue weighted by molar-refractivity contribution is 7.88. The maximum atomic E-state index is 12.0. The number of hydrogen-bond donors (Lipinski definition) is 1. The molecule has 0 amide bonds. The Morgan fingerprint density at radius 3 is 2.51 bits per heavy atom. The van der Waals surface area contributed by atoms with Crippen molar-refractivity contribution >= 4 is 44.6 Å². The molecule has 194 valence electrons. The Morgan fingerprint density at radius 2 is 1.84 bits per heavy atom. The third-order valence-corrected chi connectivity index (χ3v) is 8.43. The standard InChI is InChI=1S/C25H25Cl2N5O4S/c1-35-20-12-16(6-7-19(20)36-18-5-3-4-17(26)13-18)21-22(27)23(32-24(21)25(28)29-14-30-32)15-8-10-31(11-9-15)37(2,33)34/h3-7,12-15H,8-11H2,1-2H3,(H2,28,29,30). The van der Waals surface area contributed by atoms with Crippen LogP contribution in [0, 0.1) is 0 Å². The fraction of sp³-hybridized carbons (Fsp3) is 0.280. The van der Waals surface area contributed by atoms with Crippen LogP contribution in [-0.2, 0) is 10.0 Å². The summed E-state index contributed by atoms with van der Waals surface area (Å²) in [5.41, 5.74) is 9.11. The minimum Gasteiger partial charge on any atom is -0.493 e. The van der Waals surface area contributed by atoms with E-state index in [0.717, 1.165) is 11.3 Å². The van der Waals surface area contributed by atoms with Crippen molar-refractivity contribution in [3.63, 3.8) is 0 Å². The van der Waals surface area contributed by atoms with Gasteiger partial charge in [-0.3, -0.25) is 0 Å². The largest absolute Gasteiger partial charge is 0.493 e. The van der Waals surface area contributed by atoms with Crippen molar-refractivity contribution in [3.05, 3.63) is 64.5 Å². The lowest BCUT2D eigenvalue weighted by Crippen LogP contribution is -2.37. The van der Waals surface area contributed by atoms with Gasteiger partial charge in [0.1, 0.15) is 17.6 Å². The number of hydrogen-bond acceptors (Lipinski definition) is 7. The SMILES string of the molecule is COc1cc(-c2c(Cl)c(C3CCN(S(C)(=O)=O)CC3)n3ncnc(N)c23)ccc1Oc1cccc(Cl)c1. The Kier molecular flexibility index (Phi) is 6.93. The first kappa shape index (κ1) is 25.6. The molecule has 9 nitrogen and oxygen atoms in total. The number of sulfonamides is 1. The van der Waals surface area contributed by atoms with Crippen molar-refractivity contribution in [2.24, 2.45) is 0 Å². The molecule has 0 bridgehead atoms. The number of rotatable bonds is 6. The molecule has 37 heavy (non-hydrogen) atoms. The summed E-state index contributed by atoms with van der Waals surface area (Å²) in [6.45, 7) is 0.818. The average Bonchev–Trinajstić information content (AvgIpc) is 3.17. The Morgan fingerprint density at radius 1 is 1.08 bits per heavy atom. The minimum absolute atomic E-state index is 0.00613. The number of anilines is 1. The zero-order valence-electron chi connectivity index (χ0n) is 20.2. The molecule has 12 heteroatoms. The second-order valence-electron chi connectivity index (χ2n) is 8.84. The van der Waals surface area contributed by atoms with E-state index in [1.54, 1.807) is 42.0 Å². The smallest absolute Gasteiger partial charge is 0.211 e. The zero-order chi connectivity index (χ0) is 26.3. The fourth-order valence-corrected chi connectivity index (χ4v) is 6.24. The van der Waals surface area contributed by atoms with Gasteiger partial charge < -0.3 is 15.2 Å². The third kappa shape index (κ3) is 4.94. The number of benzene rings is 2. The summed E-state index contributed by atoms with van der Waals surface area (Å²) in [6, 6.07) is 12.6. The minimum atomic E-state index is -3.25. The molecular formula is C25H25Cl2N5O4S. The predicted molar refractivity (Wildman–Crippen MR) is 144 cm³/mol. The van der Waals surface area contributed by atoms with Gasteiger partial charge in [0, 0.05) is 29.6 Å². The molecule has 1 fully saturated rings. The second-order valence-corrected chi connectivity index (χ2v) is 11.6. The Hall–Kier alpha value is -3.05. The topological polar surface area (TPSA) is 112 Å². The Bertz CT molecular complexity index is 1580. The molecule has 1 aliphatic rings. The molecule has 0 spiro atoms. The number of fused-ring (bicyclic) bond motifs is 1. The summed E-state index contributed by atoms with van der Waals surface area (Å²) in [6.07, 6.45) is 3.84. The Balaban J connectivity index is 1.57. The molecule has 0 unspecified atom stereocenters. The quantitative estimate of drug-likeness (QED) is 0.343. The first-order valence-corrected chi connectivity index (χ1v) is 14.1. The van der Waals surface area contributed by atoms with Crippen LogP contribution < -0.4 is 15.2 Å². The number of piperidine rings is 1. The number of nitrogens with two attached hydrogens (primary N) is 1. The van der Waals surface area contributed by atoms with Crippen LogP contribution in [-0.4, -0.2) is 53.8 Å². The van der Waals surface area contributed by atoms with E-state index in [1.165, 1.54) is 16.9 Å². The van der Waals surface area contributed by atoms with Crippen LogP contribution in [0.3, 0.4) is 0 Å². The lowest BCUT2D eigenvalue weighted by atomic mass is 9.94. The van der Waals surface area contributed by atoms with Crippen molar-refractivity contribution in [1.29, 1.82) is 0 Å². The molecule has 0 radical (unpaired) electrons. The number of methoxy groups -OCH3 is 1. The molecule has 2 aromatic heterocycles. The van der Waals surface area contributed by atoms with Crippen LogP contribution in [0.1, 0.15) is 24.5 Å². The molecule has 3 heterocycles. The van der Waals surface area contributed by atoms with Gasteiger partial charge in [0.15, 0.2) is 17.3 Å². The van der Waals surface area contributed by atoms with Crippen LogP contribution in [0.2, 0.25) is 10.0 Å². The fourth-order valence-electron chi connectivity index (χ4n) is 4.75. The highest BCUT2D eigenvalue weighted by Gasteiger charge is 2.32. The normalized spacial score (nSPS) is 15.2. The number of ether oxygens (including phenoxy) is 2. The van der Waals surface area contributed by atoms with Gasteiger partial charge in [-0.15, -0.1) is 0 Å². The van der Waals surface area contributed by atoms with E-state index >= 15 is 0 Å². The number of aromatic nitrogens is 3. The van der Waals surface area contributed by atoms with Crippen LogP contribution in [0.25, 0.3) is 16.6 Å².